The number of hydrogen-bond acceptors (Lipinski definition) is 5. The smallest absolute Gasteiger partial charge is 0.259 e. The van der Waals surface area contributed by atoms with Gasteiger partial charge in [0.15, 0.2) is 0 Å². The Hall–Kier alpha value is -1.97. The normalized spacial score (nSPS) is 11.1. The van der Waals surface area contributed by atoms with Gasteiger partial charge in [-0.05, 0) is 40.2 Å². The number of hydrogen-bond donors (Lipinski definition) is 3. The Morgan fingerprint density at radius 1 is 1.33 bits per heavy atom. The summed E-state index contributed by atoms with van der Waals surface area (Å²) in [4.78, 5) is 15.6. The first-order valence-electron chi connectivity index (χ1n) is 5.55. The lowest BCUT2D eigenvalue weighted by atomic mass is 10.2. The van der Waals surface area contributed by atoms with Gasteiger partial charge in [0.1, 0.15) is 5.75 Å². The van der Waals surface area contributed by atoms with Crippen molar-refractivity contribution in [2.24, 2.45) is 5.14 Å². The Bertz CT molecular complexity index is 808. The number of halogens is 1. The Labute approximate surface area is 129 Å². The van der Waals surface area contributed by atoms with Gasteiger partial charge < -0.3 is 10.4 Å². The number of sulfonamides is 1. The van der Waals surface area contributed by atoms with Crippen LogP contribution in [-0.2, 0) is 10.0 Å². The van der Waals surface area contributed by atoms with Gasteiger partial charge in [-0.2, -0.15) is 0 Å². The van der Waals surface area contributed by atoms with Crippen molar-refractivity contribution in [1.82, 2.24) is 4.98 Å². The van der Waals surface area contributed by atoms with Gasteiger partial charge in [0.2, 0.25) is 10.0 Å². The molecule has 1 heterocycles. The number of amides is 1. The number of benzene rings is 1. The van der Waals surface area contributed by atoms with E-state index in [1.165, 1.54) is 30.5 Å². The van der Waals surface area contributed by atoms with Gasteiger partial charge in [0.25, 0.3) is 5.91 Å². The highest BCUT2D eigenvalue weighted by Crippen LogP contribution is 2.26. The van der Waals surface area contributed by atoms with E-state index in [1.54, 1.807) is 0 Å². The summed E-state index contributed by atoms with van der Waals surface area (Å²) in [7, 11) is -3.82. The Morgan fingerprint density at radius 2 is 2.05 bits per heavy atom. The number of aromatic nitrogens is 1. The van der Waals surface area contributed by atoms with Crippen molar-refractivity contribution in [2.45, 2.75) is 4.90 Å². The lowest BCUT2D eigenvalue weighted by molar-refractivity contribution is 0.102. The van der Waals surface area contributed by atoms with E-state index in [1.807, 2.05) is 0 Å². The monoisotopic (exact) mass is 371 g/mol. The number of nitrogens with one attached hydrogen (secondary N) is 1. The Morgan fingerprint density at radius 3 is 2.62 bits per heavy atom. The summed E-state index contributed by atoms with van der Waals surface area (Å²) in [6.07, 6.45) is 2.52. The van der Waals surface area contributed by atoms with Crippen LogP contribution in [0.25, 0.3) is 0 Å². The van der Waals surface area contributed by atoms with Crippen LogP contribution < -0.4 is 10.5 Å². The SMILES string of the molecule is NS(=O)(=O)c1ccc(NC(=O)c2ccncc2O)c(Br)c1. The van der Waals surface area contributed by atoms with E-state index in [2.05, 4.69) is 26.2 Å². The van der Waals surface area contributed by atoms with Crippen LogP contribution in [0.1, 0.15) is 10.4 Å². The minimum absolute atomic E-state index is 0.0485. The van der Waals surface area contributed by atoms with E-state index in [9.17, 15) is 18.3 Å². The predicted octanol–water partition coefficient (Wildman–Crippen LogP) is 1.45. The van der Waals surface area contributed by atoms with Gasteiger partial charge in [0, 0.05) is 10.7 Å². The van der Waals surface area contributed by atoms with Crippen LogP contribution in [0.2, 0.25) is 0 Å². The molecule has 0 radical (unpaired) electrons. The molecule has 4 N–H and O–H groups in total. The molecule has 9 heteroatoms. The van der Waals surface area contributed by atoms with Crippen molar-refractivity contribution in [3.63, 3.8) is 0 Å². The molecule has 2 rings (SSSR count). The van der Waals surface area contributed by atoms with Crippen molar-refractivity contribution in [3.05, 3.63) is 46.7 Å². The highest BCUT2D eigenvalue weighted by atomic mass is 79.9. The van der Waals surface area contributed by atoms with Crippen molar-refractivity contribution in [2.75, 3.05) is 5.32 Å². The fourth-order valence-electron chi connectivity index (χ4n) is 1.54. The summed E-state index contributed by atoms with van der Waals surface area (Å²) in [5.74, 6) is -0.814. The quantitative estimate of drug-likeness (QED) is 0.753. The maximum Gasteiger partial charge on any atom is 0.259 e. The largest absolute Gasteiger partial charge is 0.505 e. The zero-order valence-electron chi connectivity index (χ0n) is 10.4. The molecule has 110 valence electrons. The Kier molecular flexibility index (Phi) is 4.26. The number of carbonyl (C=O) groups is 1. The van der Waals surface area contributed by atoms with Crippen LogP contribution in [0.5, 0.6) is 5.75 Å². The van der Waals surface area contributed by atoms with Crippen LogP contribution in [0.4, 0.5) is 5.69 Å². The summed E-state index contributed by atoms with van der Waals surface area (Å²) in [5, 5.41) is 17.1. The average Bonchev–Trinajstić information content (AvgIpc) is 2.40. The number of pyridine rings is 1. The number of anilines is 1. The molecule has 0 spiro atoms. The lowest BCUT2D eigenvalue weighted by Crippen LogP contribution is -2.14. The lowest BCUT2D eigenvalue weighted by Gasteiger charge is -2.09. The first-order valence-corrected chi connectivity index (χ1v) is 7.89. The van der Waals surface area contributed by atoms with Gasteiger partial charge in [-0.3, -0.25) is 9.78 Å². The molecule has 0 aliphatic rings. The fourth-order valence-corrected chi connectivity index (χ4v) is 2.71. The second-order valence-corrected chi connectivity index (χ2v) is 6.45. The summed E-state index contributed by atoms with van der Waals surface area (Å²) in [6.45, 7) is 0. The molecule has 0 saturated carbocycles. The zero-order chi connectivity index (χ0) is 15.6. The maximum absolute atomic E-state index is 12.0. The molecule has 0 saturated heterocycles. The number of aromatic hydroxyl groups is 1. The van der Waals surface area contributed by atoms with E-state index >= 15 is 0 Å². The fraction of sp³-hybridized carbons (Fsp3) is 0. The van der Waals surface area contributed by atoms with E-state index in [-0.39, 0.29) is 16.2 Å². The minimum atomic E-state index is -3.82. The standard InChI is InChI=1S/C12H10BrN3O4S/c13-9-5-7(21(14,19)20)1-2-10(9)16-12(18)8-3-4-15-6-11(8)17/h1-6,17H,(H,16,18)(H2,14,19,20). The van der Waals surface area contributed by atoms with Crippen LogP contribution in [-0.4, -0.2) is 24.4 Å². The number of carbonyl (C=O) groups excluding carboxylic acids is 1. The van der Waals surface area contributed by atoms with Crippen LogP contribution >= 0.6 is 15.9 Å². The molecule has 21 heavy (non-hydrogen) atoms. The third-order valence-corrected chi connectivity index (χ3v) is 4.13. The molecule has 1 aromatic carbocycles. The van der Waals surface area contributed by atoms with Gasteiger partial charge in [-0.1, -0.05) is 0 Å². The first-order chi connectivity index (χ1) is 9.79. The minimum Gasteiger partial charge on any atom is -0.505 e. The molecular weight excluding hydrogens is 362 g/mol. The second-order valence-electron chi connectivity index (χ2n) is 4.03. The highest BCUT2D eigenvalue weighted by molar-refractivity contribution is 9.10. The molecule has 1 amide bonds. The van der Waals surface area contributed by atoms with Crippen molar-refractivity contribution in [3.8, 4) is 5.75 Å². The predicted molar refractivity (Wildman–Crippen MR) is 79.4 cm³/mol. The number of rotatable bonds is 3. The number of nitrogens with zero attached hydrogens (tertiary/aromatic N) is 1. The van der Waals surface area contributed by atoms with E-state index in [4.69, 9.17) is 5.14 Å². The van der Waals surface area contributed by atoms with Crippen molar-refractivity contribution >= 4 is 37.5 Å². The third kappa shape index (κ3) is 3.57. The van der Waals surface area contributed by atoms with E-state index in [0.29, 0.717) is 10.2 Å². The van der Waals surface area contributed by atoms with Gasteiger partial charge in [0.05, 0.1) is 22.3 Å². The van der Waals surface area contributed by atoms with E-state index in [0.717, 1.165) is 6.20 Å². The summed E-state index contributed by atoms with van der Waals surface area (Å²) in [6, 6.07) is 5.29. The number of nitrogens with two attached hydrogens (primary N) is 1. The second kappa shape index (κ2) is 5.80. The summed E-state index contributed by atoms with van der Waals surface area (Å²) < 4.78 is 22.8. The van der Waals surface area contributed by atoms with Gasteiger partial charge >= 0.3 is 0 Å². The molecule has 0 atom stereocenters. The molecule has 1 aromatic heterocycles. The molecular formula is C12H10BrN3O4S. The van der Waals surface area contributed by atoms with Gasteiger partial charge in [-0.25, -0.2) is 13.6 Å². The van der Waals surface area contributed by atoms with Crippen LogP contribution in [0.15, 0.2) is 46.0 Å². The molecule has 0 unspecified atom stereocenters. The topological polar surface area (TPSA) is 122 Å². The molecule has 0 aliphatic carbocycles. The Balaban J connectivity index is 2.29. The first kappa shape index (κ1) is 15.4. The third-order valence-electron chi connectivity index (χ3n) is 2.56. The molecule has 2 aromatic rings. The zero-order valence-corrected chi connectivity index (χ0v) is 12.8. The van der Waals surface area contributed by atoms with Crippen LogP contribution in [0.3, 0.4) is 0 Å². The summed E-state index contributed by atoms with van der Waals surface area (Å²) >= 11 is 3.15. The van der Waals surface area contributed by atoms with Gasteiger partial charge in [-0.15, -0.1) is 0 Å². The van der Waals surface area contributed by atoms with E-state index < -0.39 is 15.9 Å². The molecule has 0 aliphatic heterocycles. The van der Waals surface area contributed by atoms with Crippen molar-refractivity contribution in [1.29, 1.82) is 0 Å². The molecule has 0 bridgehead atoms. The maximum atomic E-state index is 12.0. The van der Waals surface area contributed by atoms with Crippen molar-refractivity contribution < 1.29 is 18.3 Å². The highest BCUT2D eigenvalue weighted by Gasteiger charge is 2.14. The summed E-state index contributed by atoms with van der Waals surface area (Å²) in [5.41, 5.74) is 0.385. The molecule has 0 fully saturated rings. The molecule has 7 nitrogen and oxygen atoms in total. The van der Waals surface area contributed by atoms with Crippen LogP contribution in [0, 0.1) is 0 Å². The average molecular weight is 372 g/mol. The number of primary sulfonamides is 1.